The number of nitrogens with one attached hydrogen (secondary N) is 2. The van der Waals surface area contributed by atoms with Crippen LogP contribution in [-0.2, 0) is 14.9 Å². The van der Waals surface area contributed by atoms with Gasteiger partial charge in [0.25, 0.3) is 5.91 Å². The van der Waals surface area contributed by atoms with Crippen LogP contribution < -0.4 is 10.6 Å². The maximum atomic E-state index is 12.7. The van der Waals surface area contributed by atoms with E-state index in [4.69, 9.17) is 4.74 Å². The third-order valence-electron chi connectivity index (χ3n) is 5.67. The largest absolute Gasteiger partial charge is 0.376 e. The normalized spacial score (nSPS) is 19.8. The highest BCUT2D eigenvalue weighted by Crippen LogP contribution is 2.48. The number of hydrogen-bond acceptors (Lipinski definition) is 3. The van der Waals surface area contributed by atoms with Gasteiger partial charge in [-0.3, -0.25) is 9.59 Å². The zero-order chi connectivity index (χ0) is 19.6. The number of rotatable bonds is 6. The van der Waals surface area contributed by atoms with Crippen molar-refractivity contribution in [2.24, 2.45) is 0 Å². The van der Waals surface area contributed by atoms with Gasteiger partial charge in [-0.2, -0.15) is 0 Å². The van der Waals surface area contributed by atoms with Gasteiger partial charge in [0.2, 0.25) is 5.91 Å². The average Bonchev–Trinajstić information content (AvgIpc) is 3.35. The van der Waals surface area contributed by atoms with Crippen LogP contribution in [0.4, 0.5) is 5.69 Å². The van der Waals surface area contributed by atoms with Crippen molar-refractivity contribution in [3.63, 3.8) is 0 Å². The Morgan fingerprint density at radius 1 is 1.14 bits per heavy atom. The number of ether oxygens (including phenoxy) is 1. The first kappa shape index (κ1) is 18.7. The number of amides is 2. The summed E-state index contributed by atoms with van der Waals surface area (Å²) in [5, 5.41) is 5.99. The van der Waals surface area contributed by atoms with Gasteiger partial charge in [0.05, 0.1) is 11.5 Å². The fraction of sp³-hybridized carbons (Fsp3) is 0.391. The first-order valence-electron chi connectivity index (χ1n) is 9.95. The summed E-state index contributed by atoms with van der Waals surface area (Å²) in [7, 11) is 0. The highest BCUT2D eigenvalue weighted by Gasteiger charge is 2.51. The Bertz CT molecular complexity index is 866. The van der Waals surface area contributed by atoms with Crippen LogP contribution in [0.2, 0.25) is 0 Å². The molecule has 0 aromatic heterocycles. The Balaban J connectivity index is 1.38. The van der Waals surface area contributed by atoms with Crippen LogP contribution in [0.1, 0.15) is 47.2 Å². The van der Waals surface area contributed by atoms with Crippen molar-refractivity contribution in [3.8, 4) is 0 Å². The van der Waals surface area contributed by atoms with Crippen LogP contribution in [0.15, 0.2) is 48.5 Å². The quantitative estimate of drug-likeness (QED) is 0.807. The van der Waals surface area contributed by atoms with E-state index >= 15 is 0 Å². The lowest BCUT2D eigenvalue weighted by Crippen LogP contribution is -2.39. The summed E-state index contributed by atoms with van der Waals surface area (Å²) in [5.41, 5.74) is 3.00. The highest BCUT2D eigenvalue weighted by molar-refractivity contribution is 6.04. The van der Waals surface area contributed by atoms with E-state index in [9.17, 15) is 9.59 Å². The third-order valence-corrected chi connectivity index (χ3v) is 5.67. The van der Waals surface area contributed by atoms with Gasteiger partial charge in [0.1, 0.15) is 0 Å². The van der Waals surface area contributed by atoms with Gasteiger partial charge in [-0.25, -0.2) is 0 Å². The molecule has 1 saturated carbocycles. The van der Waals surface area contributed by atoms with Crippen LogP contribution >= 0.6 is 0 Å². The molecule has 0 bridgehead atoms. The van der Waals surface area contributed by atoms with Crippen molar-refractivity contribution in [2.45, 2.75) is 44.1 Å². The standard InChI is InChI=1S/C23H26N2O3/c1-16-4-2-5-17(14-16)21(26)25-19-9-7-18(8-10-19)23(11-12-23)22(27)24-15-20-6-3-13-28-20/h2,4-5,7-10,14,20H,3,6,11-13,15H2,1H3,(H,24,27)(H,25,26). The third kappa shape index (κ3) is 3.94. The minimum Gasteiger partial charge on any atom is -0.376 e. The monoisotopic (exact) mass is 378 g/mol. The maximum Gasteiger partial charge on any atom is 0.255 e. The summed E-state index contributed by atoms with van der Waals surface area (Å²) in [6, 6.07) is 15.1. The number of anilines is 1. The van der Waals surface area contributed by atoms with E-state index in [1.165, 1.54) is 0 Å². The number of carbonyl (C=O) groups excluding carboxylic acids is 2. The van der Waals surface area contributed by atoms with Gasteiger partial charge in [-0.15, -0.1) is 0 Å². The van der Waals surface area contributed by atoms with Crippen molar-refractivity contribution in [1.82, 2.24) is 5.32 Å². The summed E-state index contributed by atoms with van der Waals surface area (Å²) >= 11 is 0. The molecule has 1 saturated heterocycles. The lowest BCUT2D eigenvalue weighted by atomic mass is 9.94. The molecule has 1 heterocycles. The Labute approximate surface area is 165 Å². The summed E-state index contributed by atoms with van der Waals surface area (Å²) < 4.78 is 5.58. The van der Waals surface area contributed by atoms with Crippen molar-refractivity contribution >= 4 is 17.5 Å². The highest BCUT2D eigenvalue weighted by atomic mass is 16.5. The van der Waals surface area contributed by atoms with E-state index in [2.05, 4.69) is 10.6 Å². The van der Waals surface area contributed by atoms with E-state index in [0.29, 0.717) is 12.1 Å². The maximum absolute atomic E-state index is 12.7. The summed E-state index contributed by atoms with van der Waals surface area (Å²) in [6.07, 6.45) is 3.96. The minimum atomic E-state index is -0.419. The molecule has 146 valence electrons. The molecule has 2 aromatic carbocycles. The molecule has 4 rings (SSSR count). The zero-order valence-electron chi connectivity index (χ0n) is 16.2. The van der Waals surface area contributed by atoms with Gasteiger partial charge < -0.3 is 15.4 Å². The van der Waals surface area contributed by atoms with Crippen LogP contribution in [0.5, 0.6) is 0 Å². The fourth-order valence-corrected chi connectivity index (χ4v) is 3.82. The lowest BCUT2D eigenvalue weighted by Gasteiger charge is -2.18. The minimum absolute atomic E-state index is 0.0829. The molecule has 5 nitrogen and oxygen atoms in total. The predicted octanol–water partition coefficient (Wildman–Crippen LogP) is 3.57. The first-order valence-corrected chi connectivity index (χ1v) is 9.95. The van der Waals surface area contributed by atoms with Gasteiger partial charge in [-0.05, 0) is 62.4 Å². The van der Waals surface area contributed by atoms with Crippen molar-refractivity contribution in [3.05, 3.63) is 65.2 Å². The van der Waals surface area contributed by atoms with Gasteiger partial charge in [0, 0.05) is 24.4 Å². The molecule has 0 spiro atoms. The Kier molecular flexibility index (Phi) is 5.18. The molecule has 1 atom stereocenters. The van der Waals surface area contributed by atoms with Gasteiger partial charge >= 0.3 is 0 Å². The summed E-state index contributed by atoms with van der Waals surface area (Å²) in [6.45, 7) is 3.34. The molecule has 2 aromatic rings. The van der Waals surface area contributed by atoms with Crippen LogP contribution in [0, 0.1) is 6.92 Å². The Morgan fingerprint density at radius 2 is 1.93 bits per heavy atom. The molecule has 1 aliphatic heterocycles. The first-order chi connectivity index (χ1) is 13.6. The van der Waals surface area contributed by atoms with Gasteiger partial charge in [-0.1, -0.05) is 29.8 Å². The molecule has 2 aliphatic rings. The number of benzene rings is 2. The number of hydrogen-bond donors (Lipinski definition) is 2. The molecule has 1 unspecified atom stereocenters. The van der Waals surface area contributed by atoms with Gasteiger partial charge in [0.15, 0.2) is 0 Å². The second kappa shape index (κ2) is 7.76. The average molecular weight is 378 g/mol. The molecule has 2 amide bonds. The lowest BCUT2D eigenvalue weighted by molar-refractivity contribution is -0.124. The Hall–Kier alpha value is -2.66. The predicted molar refractivity (Wildman–Crippen MR) is 108 cm³/mol. The Morgan fingerprint density at radius 3 is 2.57 bits per heavy atom. The topological polar surface area (TPSA) is 67.4 Å². The summed E-state index contributed by atoms with van der Waals surface area (Å²) in [4.78, 5) is 25.1. The molecular formula is C23H26N2O3. The number of carbonyl (C=O) groups is 2. The smallest absolute Gasteiger partial charge is 0.255 e. The molecule has 2 N–H and O–H groups in total. The molecule has 1 aliphatic carbocycles. The molecule has 0 radical (unpaired) electrons. The second-order valence-electron chi connectivity index (χ2n) is 7.83. The van der Waals surface area contributed by atoms with Crippen LogP contribution in [0.3, 0.4) is 0 Å². The van der Waals surface area contributed by atoms with E-state index in [-0.39, 0.29) is 17.9 Å². The molecule has 2 fully saturated rings. The van der Waals surface area contributed by atoms with E-state index < -0.39 is 5.41 Å². The van der Waals surface area contributed by atoms with Crippen molar-refractivity contribution in [1.29, 1.82) is 0 Å². The van der Waals surface area contributed by atoms with Crippen molar-refractivity contribution in [2.75, 3.05) is 18.5 Å². The van der Waals surface area contributed by atoms with E-state index in [1.54, 1.807) is 6.07 Å². The van der Waals surface area contributed by atoms with Crippen LogP contribution in [-0.4, -0.2) is 31.1 Å². The SMILES string of the molecule is Cc1cccc(C(=O)Nc2ccc(C3(C(=O)NCC4CCCO4)CC3)cc2)c1. The summed E-state index contributed by atoms with van der Waals surface area (Å²) in [5.74, 6) is -0.0496. The fourth-order valence-electron chi connectivity index (χ4n) is 3.82. The van der Waals surface area contributed by atoms with E-state index in [1.807, 2.05) is 49.4 Å². The van der Waals surface area contributed by atoms with E-state index in [0.717, 1.165) is 49.1 Å². The molecule has 28 heavy (non-hydrogen) atoms. The van der Waals surface area contributed by atoms with Crippen LogP contribution in [0.25, 0.3) is 0 Å². The molecular weight excluding hydrogens is 352 g/mol. The number of aryl methyl sites for hydroxylation is 1. The van der Waals surface area contributed by atoms with Crippen molar-refractivity contribution < 1.29 is 14.3 Å². The zero-order valence-corrected chi connectivity index (χ0v) is 16.2. The second-order valence-corrected chi connectivity index (χ2v) is 7.83. The molecule has 5 heteroatoms.